The Labute approximate surface area is 190 Å². The summed E-state index contributed by atoms with van der Waals surface area (Å²) in [4.78, 5) is 26.6. The second-order valence-corrected chi connectivity index (χ2v) is 9.86. The Kier molecular flexibility index (Phi) is 7.66. The lowest BCUT2D eigenvalue weighted by atomic mass is 9.90. The third-order valence-corrected chi connectivity index (χ3v) is 5.58. The second-order valence-electron chi connectivity index (χ2n) is 9.86. The molecule has 1 heterocycles. The Hall–Kier alpha value is -2.74. The summed E-state index contributed by atoms with van der Waals surface area (Å²) in [5.41, 5.74) is 7.79. The van der Waals surface area contributed by atoms with Crippen LogP contribution >= 0.6 is 0 Å². The molecule has 32 heavy (non-hydrogen) atoms. The van der Waals surface area contributed by atoms with Crippen LogP contribution in [0.15, 0.2) is 23.2 Å². The van der Waals surface area contributed by atoms with E-state index in [0.29, 0.717) is 24.6 Å². The predicted octanol–water partition coefficient (Wildman–Crippen LogP) is 3.18. The van der Waals surface area contributed by atoms with Crippen molar-refractivity contribution in [3.63, 3.8) is 0 Å². The Balaban J connectivity index is 1.93. The molecule has 0 spiro atoms. The number of fused-ring (bicyclic) bond motifs is 1. The van der Waals surface area contributed by atoms with Gasteiger partial charge in [-0.2, -0.15) is 0 Å². The van der Waals surface area contributed by atoms with Crippen LogP contribution in [0.2, 0.25) is 0 Å². The van der Waals surface area contributed by atoms with Gasteiger partial charge < -0.3 is 21.5 Å². The number of aliphatic imine (C=N–C) groups is 1. The normalized spacial score (nSPS) is 19.7. The number of amides is 1. The smallest absolute Gasteiger partial charge is 0.289 e. The molecule has 1 amide bonds. The average molecular weight is 441 g/mol. The van der Waals surface area contributed by atoms with E-state index < -0.39 is 0 Å². The SMILES string of the molecule is Cc1ccc2nc(C(=O)NCC(C)(C)C)nc(N[C@H]3CCCC[C@H]3N=C(N)CCO)c2c1. The third-order valence-electron chi connectivity index (χ3n) is 5.58. The lowest BCUT2D eigenvalue weighted by Crippen LogP contribution is -2.38. The molecular weight excluding hydrogens is 404 g/mol. The van der Waals surface area contributed by atoms with E-state index in [0.717, 1.165) is 42.1 Å². The van der Waals surface area contributed by atoms with Gasteiger partial charge in [0.25, 0.3) is 5.91 Å². The minimum atomic E-state index is -0.282. The van der Waals surface area contributed by atoms with Gasteiger partial charge in [-0.25, -0.2) is 9.97 Å². The second kappa shape index (κ2) is 10.3. The van der Waals surface area contributed by atoms with Crippen LogP contribution in [0.4, 0.5) is 5.82 Å². The number of aliphatic hydroxyl groups is 1. The van der Waals surface area contributed by atoms with Gasteiger partial charge in [-0.15, -0.1) is 0 Å². The van der Waals surface area contributed by atoms with Crippen molar-refractivity contribution in [2.45, 2.75) is 71.9 Å². The molecule has 0 saturated heterocycles. The van der Waals surface area contributed by atoms with Crippen LogP contribution in [0.25, 0.3) is 10.9 Å². The maximum Gasteiger partial charge on any atom is 0.289 e. The Bertz CT molecular complexity index is 982. The summed E-state index contributed by atoms with van der Waals surface area (Å²) < 4.78 is 0. The lowest BCUT2D eigenvalue weighted by molar-refractivity contribution is 0.0929. The fourth-order valence-corrected chi connectivity index (χ4v) is 3.88. The first-order valence-corrected chi connectivity index (χ1v) is 11.4. The predicted molar refractivity (Wildman–Crippen MR) is 129 cm³/mol. The molecule has 1 fully saturated rings. The molecule has 1 aliphatic carbocycles. The quantitative estimate of drug-likeness (QED) is 0.387. The van der Waals surface area contributed by atoms with E-state index in [1.54, 1.807) is 0 Å². The van der Waals surface area contributed by atoms with E-state index in [1.165, 1.54) is 0 Å². The van der Waals surface area contributed by atoms with Crippen LogP contribution in [-0.2, 0) is 0 Å². The van der Waals surface area contributed by atoms with Crippen molar-refractivity contribution in [2.24, 2.45) is 16.1 Å². The van der Waals surface area contributed by atoms with Gasteiger partial charge >= 0.3 is 0 Å². The van der Waals surface area contributed by atoms with Crippen LogP contribution in [0.1, 0.15) is 69.1 Å². The van der Waals surface area contributed by atoms with Gasteiger partial charge in [0.1, 0.15) is 5.82 Å². The number of nitrogens with zero attached hydrogens (tertiary/aromatic N) is 3. The Morgan fingerprint density at radius 1 is 1.25 bits per heavy atom. The van der Waals surface area contributed by atoms with Crippen LogP contribution in [0.5, 0.6) is 0 Å². The highest BCUT2D eigenvalue weighted by molar-refractivity contribution is 5.96. The molecule has 1 aromatic heterocycles. The molecule has 3 rings (SSSR count). The van der Waals surface area contributed by atoms with Gasteiger partial charge in [0, 0.05) is 24.4 Å². The number of hydrogen-bond donors (Lipinski definition) is 4. The maximum absolute atomic E-state index is 12.8. The van der Waals surface area contributed by atoms with Gasteiger partial charge in [0.15, 0.2) is 0 Å². The number of rotatable bonds is 7. The number of aryl methyl sites for hydroxylation is 1. The Morgan fingerprint density at radius 2 is 2.00 bits per heavy atom. The van der Waals surface area contributed by atoms with Gasteiger partial charge in [0.2, 0.25) is 5.82 Å². The zero-order chi connectivity index (χ0) is 23.3. The van der Waals surface area contributed by atoms with E-state index in [2.05, 4.69) is 46.4 Å². The fourth-order valence-electron chi connectivity index (χ4n) is 3.88. The van der Waals surface area contributed by atoms with E-state index >= 15 is 0 Å². The lowest BCUT2D eigenvalue weighted by Gasteiger charge is -2.30. The highest BCUT2D eigenvalue weighted by Gasteiger charge is 2.27. The molecule has 2 aromatic rings. The van der Waals surface area contributed by atoms with E-state index in [9.17, 15) is 4.79 Å². The minimum Gasteiger partial charge on any atom is -0.396 e. The summed E-state index contributed by atoms with van der Waals surface area (Å²) in [5, 5.41) is 16.5. The first-order chi connectivity index (χ1) is 15.2. The summed E-state index contributed by atoms with van der Waals surface area (Å²) >= 11 is 0. The van der Waals surface area contributed by atoms with Crippen molar-refractivity contribution in [3.8, 4) is 0 Å². The average Bonchev–Trinajstić information content (AvgIpc) is 2.73. The minimum absolute atomic E-state index is 0.00305. The van der Waals surface area contributed by atoms with Crippen molar-refractivity contribution in [2.75, 3.05) is 18.5 Å². The molecule has 0 aliphatic heterocycles. The molecule has 0 unspecified atom stereocenters. The maximum atomic E-state index is 12.8. The highest BCUT2D eigenvalue weighted by atomic mass is 16.3. The largest absolute Gasteiger partial charge is 0.396 e. The number of nitrogens with two attached hydrogens (primary N) is 1. The van der Waals surface area contributed by atoms with Crippen molar-refractivity contribution in [1.29, 1.82) is 0 Å². The van der Waals surface area contributed by atoms with Gasteiger partial charge in [0.05, 0.1) is 24.0 Å². The number of anilines is 1. The van der Waals surface area contributed by atoms with E-state index in [4.69, 9.17) is 10.8 Å². The molecule has 2 atom stereocenters. The fraction of sp³-hybridized carbons (Fsp3) is 0.583. The van der Waals surface area contributed by atoms with Gasteiger partial charge in [-0.05, 0) is 37.3 Å². The van der Waals surface area contributed by atoms with Crippen LogP contribution < -0.4 is 16.4 Å². The van der Waals surface area contributed by atoms with Crippen molar-refractivity contribution >= 4 is 28.5 Å². The number of hydrogen-bond acceptors (Lipinski definition) is 6. The summed E-state index contributed by atoms with van der Waals surface area (Å²) in [6, 6.07) is 6.00. The van der Waals surface area contributed by atoms with Crippen molar-refractivity contribution < 1.29 is 9.90 Å². The molecular formula is C24H36N6O2. The molecule has 0 radical (unpaired) electrons. The number of aliphatic hydroxyl groups excluding tert-OH is 1. The number of benzene rings is 1. The van der Waals surface area contributed by atoms with Crippen molar-refractivity contribution in [1.82, 2.24) is 15.3 Å². The molecule has 1 saturated carbocycles. The molecule has 5 N–H and O–H groups in total. The molecule has 0 bridgehead atoms. The summed E-state index contributed by atoms with van der Waals surface area (Å²) in [6.45, 7) is 8.75. The molecule has 1 aromatic carbocycles. The highest BCUT2D eigenvalue weighted by Crippen LogP contribution is 2.28. The zero-order valence-electron chi connectivity index (χ0n) is 19.6. The van der Waals surface area contributed by atoms with Crippen LogP contribution in [-0.4, -0.2) is 52.1 Å². The zero-order valence-corrected chi connectivity index (χ0v) is 19.6. The van der Waals surface area contributed by atoms with Crippen molar-refractivity contribution in [3.05, 3.63) is 29.6 Å². The molecule has 8 nitrogen and oxygen atoms in total. The summed E-state index contributed by atoms with van der Waals surface area (Å²) in [5.74, 6) is 0.990. The van der Waals surface area contributed by atoms with Gasteiger partial charge in [-0.3, -0.25) is 9.79 Å². The first-order valence-electron chi connectivity index (χ1n) is 11.4. The number of carbonyl (C=O) groups is 1. The molecule has 8 heteroatoms. The first kappa shape index (κ1) is 23.9. The Morgan fingerprint density at radius 3 is 2.72 bits per heavy atom. The number of amidine groups is 1. The van der Waals surface area contributed by atoms with Crippen LogP contribution in [0.3, 0.4) is 0 Å². The van der Waals surface area contributed by atoms with Crippen LogP contribution in [0, 0.1) is 12.3 Å². The third kappa shape index (κ3) is 6.38. The van der Waals surface area contributed by atoms with E-state index in [1.807, 2.05) is 25.1 Å². The molecule has 174 valence electrons. The van der Waals surface area contributed by atoms with Gasteiger partial charge in [-0.1, -0.05) is 45.2 Å². The number of carbonyl (C=O) groups excluding carboxylic acids is 1. The standard InChI is InChI=1S/C24H36N6O2/c1-15-9-10-17-16(13-15)21(30-22(28-17)23(32)26-14-24(2,3)4)29-19-8-6-5-7-18(19)27-20(25)11-12-31/h9-10,13,18-19,31H,5-8,11-12,14H2,1-4H3,(H2,25,27)(H,26,32)(H,28,29,30)/t18-,19+/m1/s1. The summed E-state index contributed by atoms with van der Waals surface area (Å²) in [7, 11) is 0. The topological polar surface area (TPSA) is 126 Å². The number of nitrogens with one attached hydrogen (secondary N) is 2. The van der Waals surface area contributed by atoms with E-state index in [-0.39, 0.29) is 35.8 Å². The number of aromatic nitrogens is 2. The molecule has 1 aliphatic rings. The monoisotopic (exact) mass is 440 g/mol. The summed E-state index contributed by atoms with van der Waals surface area (Å²) in [6.07, 6.45) is 4.40.